The summed E-state index contributed by atoms with van der Waals surface area (Å²) in [5.41, 5.74) is 3.20. The highest BCUT2D eigenvalue weighted by Gasteiger charge is 2.12. The number of halogens is 2. The van der Waals surface area contributed by atoms with Crippen LogP contribution in [-0.4, -0.2) is 46.2 Å². The number of phenolic OH excluding ortho intramolecular Hbond substituents is 1. The molecule has 3 aromatic rings. The molecule has 1 aromatic carbocycles. The van der Waals surface area contributed by atoms with E-state index in [1.165, 1.54) is 0 Å². The maximum atomic E-state index is 9.84. The van der Waals surface area contributed by atoms with Crippen molar-refractivity contribution >= 4 is 52.4 Å². The number of anilines is 1. The molecule has 0 atom stereocenters. The molecule has 0 spiro atoms. The summed E-state index contributed by atoms with van der Waals surface area (Å²) in [5, 5.41) is 15.4. The molecule has 0 fully saturated rings. The van der Waals surface area contributed by atoms with Gasteiger partial charge in [-0.25, -0.2) is 4.98 Å². The average molecular weight is 399 g/mol. The van der Waals surface area contributed by atoms with E-state index < -0.39 is 0 Å². The van der Waals surface area contributed by atoms with Gasteiger partial charge in [0.25, 0.3) is 0 Å². The fraction of sp³-hybridized carbons (Fsp3) is 0.421. The lowest BCUT2D eigenvalue weighted by Crippen LogP contribution is -2.25. The van der Waals surface area contributed by atoms with Gasteiger partial charge in [0.15, 0.2) is 0 Å². The van der Waals surface area contributed by atoms with Crippen LogP contribution >= 0.6 is 24.8 Å². The predicted molar refractivity (Wildman–Crippen MR) is 115 cm³/mol. The molecule has 0 bridgehead atoms. The van der Waals surface area contributed by atoms with Crippen molar-refractivity contribution < 1.29 is 5.11 Å². The molecule has 26 heavy (non-hydrogen) atoms. The van der Waals surface area contributed by atoms with Crippen LogP contribution in [-0.2, 0) is 0 Å². The second kappa shape index (κ2) is 9.86. The van der Waals surface area contributed by atoms with E-state index in [-0.39, 0.29) is 30.6 Å². The predicted octanol–water partition coefficient (Wildman–Crippen LogP) is 4.72. The number of aryl methyl sites for hydroxylation is 1. The van der Waals surface area contributed by atoms with Crippen molar-refractivity contribution in [3.63, 3.8) is 0 Å². The zero-order valence-electron chi connectivity index (χ0n) is 15.5. The third-order valence-corrected chi connectivity index (χ3v) is 4.64. The second-order valence-electron chi connectivity index (χ2n) is 6.20. The Balaban J connectivity index is 0.00000169. The molecule has 0 saturated heterocycles. The average Bonchev–Trinajstić information content (AvgIpc) is 2.96. The number of aromatic amines is 1. The minimum Gasteiger partial charge on any atom is -0.508 e. The lowest BCUT2D eigenvalue weighted by Gasteiger charge is -2.18. The first-order chi connectivity index (χ1) is 11.6. The van der Waals surface area contributed by atoms with Crippen molar-refractivity contribution in [2.45, 2.75) is 27.2 Å². The molecule has 3 N–H and O–H groups in total. The zero-order valence-corrected chi connectivity index (χ0v) is 17.1. The second-order valence-corrected chi connectivity index (χ2v) is 6.20. The summed E-state index contributed by atoms with van der Waals surface area (Å²) < 4.78 is 0. The largest absolute Gasteiger partial charge is 0.508 e. The topological polar surface area (TPSA) is 64.2 Å². The van der Waals surface area contributed by atoms with Gasteiger partial charge in [0.2, 0.25) is 0 Å². The van der Waals surface area contributed by atoms with Crippen LogP contribution in [0.25, 0.3) is 21.8 Å². The summed E-state index contributed by atoms with van der Waals surface area (Å²) in [5.74, 6) is 1.16. The Hall–Kier alpha value is -1.69. The van der Waals surface area contributed by atoms with E-state index in [1.54, 1.807) is 12.1 Å². The van der Waals surface area contributed by atoms with Gasteiger partial charge in [-0.05, 0) is 56.7 Å². The van der Waals surface area contributed by atoms with Crippen LogP contribution in [0, 0.1) is 6.92 Å². The smallest absolute Gasteiger partial charge is 0.136 e. The molecule has 2 heterocycles. The van der Waals surface area contributed by atoms with Gasteiger partial charge < -0.3 is 20.3 Å². The molecule has 0 saturated carbocycles. The van der Waals surface area contributed by atoms with E-state index in [4.69, 9.17) is 0 Å². The number of fused-ring (bicyclic) bond motifs is 3. The quantitative estimate of drug-likeness (QED) is 0.503. The van der Waals surface area contributed by atoms with Gasteiger partial charge in [-0.15, -0.1) is 24.8 Å². The van der Waals surface area contributed by atoms with Crippen molar-refractivity contribution in [3.05, 3.63) is 30.0 Å². The Morgan fingerprint density at radius 3 is 2.62 bits per heavy atom. The number of benzene rings is 1. The van der Waals surface area contributed by atoms with Crippen LogP contribution in [0.4, 0.5) is 5.82 Å². The number of rotatable bonds is 7. The summed E-state index contributed by atoms with van der Waals surface area (Å²) in [6.45, 7) is 10.6. The number of aromatic nitrogens is 2. The van der Waals surface area contributed by atoms with E-state index in [0.29, 0.717) is 0 Å². The van der Waals surface area contributed by atoms with Crippen LogP contribution in [0.1, 0.15) is 25.8 Å². The third kappa shape index (κ3) is 4.53. The normalized spacial score (nSPS) is 10.8. The molecule has 0 amide bonds. The van der Waals surface area contributed by atoms with Gasteiger partial charge in [0.05, 0.1) is 10.9 Å². The standard InChI is InChI=1S/C19H26N4O.2ClH/c1-4-23(5-2)10-6-9-20-19-17-15-11-14(24)7-8-16(15)22-18(17)13(3)12-21-19;;/h7-8,11-12,22,24H,4-6,9-10H2,1-3H3,(H,20,21);2*1H. The minimum absolute atomic E-state index is 0. The highest BCUT2D eigenvalue weighted by atomic mass is 35.5. The fourth-order valence-electron chi connectivity index (χ4n) is 3.20. The van der Waals surface area contributed by atoms with Gasteiger partial charge >= 0.3 is 0 Å². The third-order valence-electron chi connectivity index (χ3n) is 4.64. The molecule has 3 rings (SSSR count). The molecule has 0 unspecified atom stereocenters. The van der Waals surface area contributed by atoms with Crippen LogP contribution in [0.15, 0.2) is 24.4 Å². The van der Waals surface area contributed by atoms with Crippen LogP contribution in [0.3, 0.4) is 0 Å². The summed E-state index contributed by atoms with van der Waals surface area (Å²) in [6, 6.07) is 5.42. The van der Waals surface area contributed by atoms with E-state index in [2.05, 4.69) is 41.0 Å². The lowest BCUT2D eigenvalue weighted by molar-refractivity contribution is 0.303. The Kier molecular flexibility index (Phi) is 8.47. The van der Waals surface area contributed by atoms with Crippen LogP contribution < -0.4 is 5.32 Å². The van der Waals surface area contributed by atoms with Gasteiger partial charge in [-0.1, -0.05) is 13.8 Å². The van der Waals surface area contributed by atoms with E-state index in [1.807, 2.05) is 12.3 Å². The van der Waals surface area contributed by atoms with Crippen LogP contribution in [0.2, 0.25) is 0 Å². The summed E-state index contributed by atoms with van der Waals surface area (Å²) in [4.78, 5) is 10.5. The van der Waals surface area contributed by atoms with Crippen molar-refractivity contribution in [2.24, 2.45) is 0 Å². The zero-order chi connectivity index (χ0) is 17.1. The Morgan fingerprint density at radius 2 is 1.92 bits per heavy atom. The number of hydrogen-bond acceptors (Lipinski definition) is 4. The van der Waals surface area contributed by atoms with Crippen molar-refractivity contribution in [1.29, 1.82) is 0 Å². The molecule has 7 heteroatoms. The maximum absolute atomic E-state index is 9.84. The van der Waals surface area contributed by atoms with E-state index in [9.17, 15) is 5.11 Å². The number of aromatic hydroxyl groups is 1. The molecule has 2 aromatic heterocycles. The van der Waals surface area contributed by atoms with Gasteiger partial charge in [0.1, 0.15) is 11.6 Å². The van der Waals surface area contributed by atoms with E-state index >= 15 is 0 Å². The van der Waals surface area contributed by atoms with Crippen LogP contribution in [0.5, 0.6) is 5.75 Å². The highest BCUT2D eigenvalue weighted by molar-refractivity contribution is 6.13. The first-order valence-corrected chi connectivity index (χ1v) is 8.70. The summed E-state index contributed by atoms with van der Waals surface area (Å²) in [7, 11) is 0. The number of pyridine rings is 1. The van der Waals surface area contributed by atoms with Crippen molar-refractivity contribution in [2.75, 3.05) is 31.5 Å². The molecule has 5 nitrogen and oxygen atoms in total. The summed E-state index contributed by atoms with van der Waals surface area (Å²) >= 11 is 0. The lowest BCUT2D eigenvalue weighted by atomic mass is 10.1. The SMILES string of the molecule is CCN(CC)CCCNc1ncc(C)c2[nH]c3ccc(O)cc3c12.Cl.Cl. The minimum atomic E-state index is 0. The molecular weight excluding hydrogens is 371 g/mol. The Labute approximate surface area is 167 Å². The molecular formula is C19H28Cl2N4O. The van der Waals surface area contributed by atoms with Crippen molar-refractivity contribution in [1.82, 2.24) is 14.9 Å². The van der Waals surface area contributed by atoms with Gasteiger partial charge in [-0.3, -0.25) is 0 Å². The number of hydrogen-bond donors (Lipinski definition) is 3. The molecule has 0 radical (unpaired) electrons. The molecule has 0 aliphatic rings. The van der Waals surface area contributed by atoms with Gasteiger partial charge in [0, 0.05) is 23.6 Å². The van der Waals surface area contributed by atoms with Gasteiger partial charge in [-0.2, -0.15) is 0 Å². The van der Waals surface area contributed by atoms with Crippen molar-refractivity contribution in [3.8, 4) is 5.75 Å². The molecule has 0 aliphatic carbocycles. The summed E-state index contributed by atoms with van der Waals surface area (Å²) in [6.07, 6.45) is 2.97. The first kappa shape index (κ1) is 22.4. The number of nitrogens with zero attached hydrogens (tertiary/aromatic N) is 2. The molecule has 0 aliphatic heterocycles. The first-order valence-electron chi connectivity index (χ1n) is 8.70. The Morgan fingerprint density at radius 1 is 1.19 bits per heavy atom. The Bertz CT molecular complexity index is 846. The number of nitrogens with one attached hydrogen (secondary N) is 2. The number of phenols is 1. The highest BCUT2D eigenvalue weighted by Crippen LogP contribution is 2.33. The van der Waals surface area contributed by atoms with E-state index in [0.717, 1.165) is 65.8 Å². The maximum Gasteiger partial charge on any atom is 0.136 e. The molecule has 144 valence electrons. The monoisotopic (exact) mass is 398 g/mol. The fourth-order valence-corrected chi connectivity index (χ4v) is 3.20. The number of H-pyrrole nitrogens is 1.